The van der Waals surface area contributed by atoms with E-state index in [4.69, 9.17) is 4.99 Å². The predicted octanol–water partition coefficient (Wildman–Crippen LogP) is 3.23. The SMILES string of the molecule is CC1CCCc2c(n(C)c(=NC(C)C)n2C(C)C)C1. The van der Waals surface area contributed by atoms with Gasteiger partial charge in [-0.3, -0.25) is 0 Å². The third kappa shape index (κ3) is 2.80. The molecule has 0 amide bonds. The Balaban J connectivity index is 2.66. The molecule has 0 aromatic carbocycles. The smallest absolute Gasteiger partial charge is 0.205 e. The van der Waals surface area contributed by atoms with Crippen LogP contribution < -0.4 is 5.62 Å². The van der Waals surface area contributed by atoms with Crippen molar-refractivity contribution >= 4 is 0 Å². The minimum atomic E-state index is 0.347. The van der Waals surface area contributed by atoms with E-state index in [2.05, 4.69) is 50.8 Å². The number of aromatic nitrogens is 2. The average molecular weight is 263 g/mol. The average Bonchev–Trinajstić information content (AvgIpc) is 2.47. The minimum absolute atomic E-state index is 0.347. The monoisotopic (exact) mass is 263 g/mol. The molecule has 1 aromatic heterocycles. The Morgan fingerprint density at radius 2 is 1.84 bits per heavy atom. The first-order valence-electron chi connectivity index (χ1n) is 7.74. The molecule has 19 heavy (non-hydrogen) atoms. The molecule has 0 saturated heterocycles. The van der Waals surface area contributed by atoms with Gasteiger partial charge in [-0.2, -0.15) is 0 Å². The molecule has 3 nitrogen and oxygen atoms in total. The van der Waals surface area contributed by atoms with Crippen molar-refractivity contribution < 1.29 is 0 Å². The fourth-order valence-corrected chi connectivity index (χ4v) is 3.23. The van der Waals surface area contributed by atoms with Crippen molar-refractivity contribution in [3.8, 4) is 0 Å². The van der Waals surface area contributed by atoms with Crippen molar-refractivity contribution in [1.82, 2.24) is 9.13 Å². The second kappa shape index (κ2) is 5.56. The zero-order valence-electron chi connectivity index (χ0n) is 13.4. The molecule has 1 heterocycles. The highest BCUT2D eigenvalue weighted by Gasteiger charge is 2.22. The van der Waals surface area contributed by atoms with Gasteiger partial charge in [0, 0.05) is 30.5 Å². The van der Waals surface area contributed by atoms with Crippen LogP contribution in [-0.4, -0.2) is 15.2 Å². The number of imidazole rings is 1. The van der Waals surface area contributed by atoms with Crippen LogP contribution in [-0.2, 0) is 19.9 Å². The van der Waals surface area contributed by atoms with Crippen LogP contribution in [0.4, 0.5) is 0 Å². The van der Waals surface area contributed by atoms with Gasteiger partial charge in [0.25, 0.3) is 0 Å². The summed E-state index contributed by atoms with van der Waals surface area (Å²) in [5, 5.41) is 0. The van der Waals surface area contributed by atoms with Crippen molar-refractivity contribution in [3.63, 3.8) is 0 Å². The van der Waals surface area contributed by atoms with E-state index in [-0.39, 0.29) is 0 Å². The lowest BCUT2D eigenvalue weighted by Gasteiger charge is -2.12. The summed E-state index contributed by atoms with van der Waals surface area (Å²) in [6.07, 6.45) is 5.07. The van der Waals surface area contributed by atoms with Crippen LogP contribution in [0.1, 0.15) is 64.9 Å². The fraction of sp³-hybridized carbons (Fsp3) is 0.812. The molecule has 0 bridgehead atoms. The fourth-order valence-electron chi connectivity index (χ4n) is 3.23. The predicted molar refractivity (Wildman–Crippen MR) is 80.3 cm³/mol. The molecule has 0 aliphatic heterocycles. The lowest BCUT2D eigenvalue weighted by molar-refractivity contribution is 0.491. The maximum Gasteiger partial charge on any atom is 0.205 e. The van der Waals surface area contributed by atoms with Crippen LogP contribution in [0.15, 0.2) is 4.99 Å². The number of hydrogen-bond donors (Lipinski definition) is 0. The summed E-state index contributed by atoms with van der Waals surface area (Å²) >= 11 is 0. The van der Waals surface area contributed by atoms with E-state index in [0.29, 0.717) is 12.1 Å². The van der Waals surface area contributed by atoms with E-state index in [1.165, 1.54) is 37.1 Å². The molecule has 3 heteroatoms. The van der Waals surface area contributed by atoms with Gasteiger partial charge in [0.15, 0.2) is 0 Å². The Morgan fingerprint density at radius 3 is 2.42 bits per heavy atom. The minimum Gasteiger partial charge on any atom is -0.317 e. The number of fused-ring (bicyclic) bond motifs is 1. The molecule has 1 aliphatic rings. The van der Waals surface area contributed by atoms with Crippen LogP contribution in [0.5, 0.6) is 0 Å². The first-order chi connectivity index (χ1) is 8.91. The van der Waals surface area contributed by atoms with Crippen LogP contribution in [0.25, 0.3) is 0 Å². The summed E-state index contributed by atoms with van der Waals surface area (Å²) in [5.41, 5.74) is 4.20. The van der Waals surface area contributed by atoms with Gasteiger partial charge in [-0.1, -0.05) is 6.92 Å². The van der Waals surface area contributed by atoms with E-state index in [9.17, 15) is 0 Å². The van der Waals surface area contributed by atoms with Gasteiger partial charge in [0.05, 0.1) is 0 Å². The zero-order chi connectivity index (χ0) is 14.2. The normalized spacial score (nSPS) is 21.1. The first kappa shape index (κ1) is 14.4. The quantitative estimate of drug-likeness (QED) is 0.731. The molecule has 0 spiro atoms. The Labute approximate surface area is 117 Å². The molecule has 108 valence electrons. The van der Waals surface area contributed by atoms with Crippen molar-refractivity contribution in [1.29, 1.82) is 0 Å². The molecule has 1 unspecified atom stereocenters. The van der Waals surface area contributed by atoms with E-state index in [0.717, 1.165) is 11.5 Å². The molecule has 0 saturated carbocycles. The van der Waals surface area contributed by atoms with E-state index in [1.54, 1.807) is 0 Å². The standard InChI is InChI=1S/C16H29N3/c1-11(2)17-16-18(6)15-10-13(5)8-7-9-14(15)19(16)12(3)4/h11-13H,7-10H2,1-6H3. The van der Waals surface area contributed by atoms with E-state index in [1.807, 2.05) is 0 Å². The number of hydrogen-bond acceptors (Lipinski definition) is 1. The third-order valence-electron chi connectivity index (χ3n) is 4.09. The van der Waals surface area contributed by atoms with Gasteiger partial charge < -0.3 is 9.13 Å². The molecule has 1 aromatic rings. The van der Waals surface area contributed by atoms with Crippen LogP contribution in [0.3, 0.4) is 0 Å². The lowest BCUT2D eigenvalue weighted by atomic mass is 10.0. The van der Waals surface area contributed by atoms with Crippen LogP contribution in [0, 0.1) is 5.92 Å². The highest BCUT2D eigenvalue weighted by molar-refractivity contribution is 5.18. The summed E-state index contributed by atoms with van der Waals surface area (Å²) in [7, 11) is 2.19. The van der Waals surface area contributed by atoms with Crippen molar-refractivity contribution in [2.24, 2.45) is 18.0 Å². The highest BCUT2D eigenvalue weighted by atomic mass is 15.2. The highest BCUT2D eigenvalue weighted by Crippen LogP contribution is 2.25. The van der Waals surface area contributed by atoms with Gasteiger partial charge in [0.2, 0.25) is 5.62 Å². The molecule has 0 N–H and O–H groups in total. The molecule has 0 fully saturated rings. The summed E-state index contributed by atoms with van der Waals surface area (Å²) in [6, 6.07) is 0.834. The molecule has 2 rings (SSSR count). The molecular formula is C16H29N3. The molecule has 0 radical (unpaired) electrons. The lowest BCUT2D eigenvalue weighted by Crippen LogP contribution is -2.28. The van der Waals surface area contributed by atoms with Crippen molar-refractivity contribution in [2.75, 3.05) is 0 Å². The third-order valence-corrected chi connectivity index (χ3v) is 4.09. The van der Waals surface area contributed by atoms with Crippen LogP contribution in [0.2, 0.25) is 0 Å². The van der Waals surface area contributed by atoms with Gasteiger partial charge >= 0.3 is 0 Å². The zero-order valence-corrected chi connectivity index (χ0v) is 13.4. The van der Waals surface area contributed by atoms with Crippen molar-refractivity contribution in [2.45, 2.75) is 72.4 Å². The molecular weight excluding hydrogens is 234 g/mol. The summed E-state index contributed by atoms with van der Waals surface area (Å²) in [4.78, 5) is 4.87. The Bertz CT molecular complexity index is 503. The van der Waals surface area contributed by atoms with E-state index < -0.39 is 0 Å². The number of rotatable bonds is 2. The topological polar surface area (TPSA) is 22.2 Å². The second-order valence-electron chi connectivity index (χ2n) is 6.64. The van der Waals surface area contributed by atoms with Crippen LogP contribution >= 0.6 is 0 Å². The van der Waals surface area contributed by atoms with E-state index >= 15 is 0 Å². The summed E-state index contributed by atoms with van der Waals surface area (Å²) in [6.45, 7) is 11.2. The summed E-state index contributed by atoms with van der Waals surface area (Å²) in [5.74, 6) is 0.794. The molecule has 1 aliphatic carbocycles. The number of nitrogens with zero attached hydrogens (tertiary/aromatic N) is 3. The maximum atomic E-state index is 4.87. The van der Waals surface area contributed by atoms with Gasteiger partial charge in [0.1, 0.15) is 0 Å². The maximum absolute atomic E-state index is 4.87. The van der Waals surface area contributed by atoms with Crippen molar-refractivity contribution in [3.05, 3.63) is 17.0 Å². The van der Waals surface area contributed by atoms with Gasteiger partial charge in [-0.05, 0) is 59.3 Å². The van der Waals surface area contributed by atoms with Gasteiger partial charge in [-0.25, -0.2) is 4.99 Å². The Kier molecular flexibility index (Phi) is 4.22. The summed E-state index contributed by atoms with van der Waals surface area (Å²) < 4.78 is 4.81. The Morgan fingerprint density at radius 1 is 1.16 bits per heavy atom. The Hall–Kier alpha value is -0.990. The first-order valence-corrected chi connectivity index (χ1v) is 7.74. The molecule has 1 atom stereocenters. The van der Waals surface area contributed by atoms with Gasteiger partial charge in [-0.15, -0.1) is 0 Å². The largest absolute Gasteiger partial charge is 0.317 e. The second-order valence-corrected chi connectivity index (χ2v) is 6.64.